The minimum absolute atomic E-state index is 0.724. The lowest BCUT2D eigenvalue weighted by Crippen LogP contribution is -2.44. The van der Waals surface area contributed by atoms with Crippen molar-refractivity contribution in [3.05, 3.63) is 0 Å². The Balaban J connectivity index is 2.51. The minimum Gasteiger partial charge on any atom is -0.377 e. The molecule has 0 radical (unpaired) electrons. The molecule has 0 unspecified atom stereocenters. The maximum absolute atomic E-state index is 5.83. The second-order valence-corrected chi connectivity index (χ2v) is 6.80. The summed E-state index contributed by atoms with van der Waals surface area (Å²) >= 11 is 0. The summed E-state index contributed by atoms with van der Waals surface area (Å²) in [5.74, 6) is 0. The van der Waals surface area contributed by atoms with Gasteiger partial charge >= 0.3 is 8.80 Å². The zero-order valence-electron chi connectivity index (χ0n) is 10.1. The van der Waals surface area contributed by atoms with Crippen LogP contribution in [0.3, 0.4) is 0 Å². The standard InChI is InChI=1S/C10H23NO3Si/c1-4-11-7-5-6-10-15(12-2,13-3)14-9-8-11/h4-10H2,1-3H3. The summed E-state index contributed by atoms with van der Waals surface area (Å²) in [6.07, 6.45) is 2.34. The fourth-order valence-electron chi connectivity index (χ4n) is 1.91. The van der Waals surface area contributed by atoms with Crippen LogP contribution in [-0.2, 0) is 13.3 Å². The second kappa shape index (κ2) is 6.60. The summed E-state index contributed by atoms with van der Waals surface area (Å²) in [7, 11) is 1.08. The van der Waals surface area contributed by atoms with Gasteiger partial charge in [0, 0.05) is 26.8 Å². The molecule has 0 aromatic carbocycles. The third kappa shape index (κ3) is 3.84. The molecular weight excluding hydrogens is 210 g/mol. The first-order chi connectivity index (χ1) is 7.26. The largest absolute Gasteiger partial charge is 0.500 e. The molecule has 5 heteroatoms. The van der Waals surface area contributed by atoms with Gasteiger partial charge in [0.2, 0.25) is 0 Å². The molecular formula is C10H23NO3Si. The van der Waals surface area contributed by atoms with Crippen LogP contribution in [-0.4, -0.2) is 54.2 Å². The van der Waals surface area contributed by atoms with E-state index in [2.05, 4.69) is 11.8 Å². The minimum atomic E-state index is -2.31. The first kappa shape index (κ1) is 13.1. The van der Waals surface area contributed by atoms with E-state index in [0.717, 1.165) is 38.7 Å². The van der Waals surface area contributed by atoms with Crippen LogP contribution in [0.15, 0.2) is 0 Å². The van der Waals surface area contributed by atoms with E-state index < -0.39 is 8.80 Å². The Kier molecular flexibility index (Phi) is 5.77. The van der Waals surface area contributed by atoms with Crippen molar-refractivity contribution in [1.82, 2.24) is 4.90 Å². The number of hydrogen-bond donors (Lipinski definition) is 0. The van der Waals surface area contributed by atoms with E-state index in [1.807, 2.05) is 0 Å². The number of nitrogens with zero attached hydrogens (tertiary/aromatic N) is 1. The van der Waals surface area contributed by atoms with Crippen molar-refractivity contribution in [2.24, 2.45) is 0 Å². The van der Waals surface area contributed by atoms with Gasteiger partial charge in [-0.2, -0.15) is 0 Å². The van der Waals surface area contributed by atoms with Gasteiger partial charge in [-0.25, -0.2) is 0 Å². The average Bonchev–Trinajstić information content (AvgIpc) is 2.39. The summed E-state index contributed by atoms with van der Waals surface area (Å²) < 4.78 is 16.8. The fourth-order valence-corrected chi connectivity index (χ4v) is 3.95. The normalized spacial score (nSPS) is 24.2. The van der Waals surface area contributed by atoms with Crippen molar-refractivity contribution in [1.29, 1.82) is 0 Å². The smallest absolute Gasteiger partial charge is 0.377 e. The van der Waals surface area contributed by atoms with Crippen LogP contribution < -0.4 is 0 Å². The van der Waals surface area contributed by atoms with Crippen LogP contribution in [0, 0.1) is 0 Å². The Morgan fingerprint density at radius 1 is 1.20 bits per heavy atom. The molecule has 1 rings (SSSR count). The maximum atomic E-state index is 5.83. The van der Waals surface area contributed by atoms with Crippen molar-refractivity contribution in [3.8, 4) is 0 Å². The van der Waals surface area contributed by atoms with Crippen LogP contribution in [0.5, 0.6) is 0 Å². The summed E-state index contributed by atoms with van der Waals surface area (Å²) in [5, 5.41) is 0. The molecule has 0 bridgehead atoms. The molecule has 0 aromatic heterocycles. The Labute approximate surface area is 93.9 Å². The lowest BCUT2D eigenvalue weighted by Gasteiger charge is -2.26. The van der Waals surface area contributed by atoms with Crippen LogP contribution in [0.25, 0.3) is 0 Å². The van der Waals surface area contributed by atoms with E-state index in [9.17, 15) is 0 Å². The van der Waals surface area contributed by atoms with E-state index in [-0.39, 0.29) is 0 Å². The molecule has 0 atom stereocenters. The first-order valence-corrected chi connectivity index (χ1v) is 7.66. The van der Waals surface area contributed by atoms with Gasteiger partial charge in [0.25, 0.3) is 0 Å². The Bertz CT molecular complexity index is 176. The highest BCUT2D eigenvalue weighted by atomic mass is 28.4. The van der Waals surface area contributed by atoms with E-state index in [1.54, 1.807) is 14.2 Å². The van der Waals surface area contributed by atoms with Gasteiger partial charge < -0.3 is 18.2 Å². The first-order valence-electron chi connectivity index (χ1n) is 5.73. The highest BCUT2D eigenvalue weighted by molar-refractivity contribution is 6.60. The summed E-state index contributed by atoms with van der Waals surface area (Å²) in [6.45, 7) is 6.16. The van der Waals surface area contributed by atoms with E-state index in [4.69, 9.17) is 13.3 Å². The van der Waals surface area contributed by atoms with Gasteiger partial charge in [0.15, 0.2) is 0 Å². The van der Waals surface area contributed by atoms with Gasteiger partial charge in [0.05, 0.1) is 6.61 Å². The summed E-state index contributed by atoms with van der Waals surface area (Å²) in [6, 6.07) is 0.942. The molecule has 1 heterocycles. The van der Waals surface area contributed by atoms with Crippen molar-refractivity contribution >= 4 is 8.80 Å². The van der Waals surface area contributed by atoms with Gasteiger partial charge in [-0.1, -0.05) is 6.92 Å². The Morgan fingerprint density at radius 2 is 1.93 bits per heavy atom. The quantitative estimate of drug-likeness (QED) is 0.689. The lowest BCUT2D eigenvalue weighted by atomic mass is 10.3. The summed E-state index contributed by atoms with van der Waals surface area (Å²) in [5.41, 5.74) is 0. The zero-order valence-corrected chi connectivity index (χ0v) is 11.1. The molecule has 4 nitrogen and oxygen atoms in total. The Morgan fingerprint density at radius 3 is 2.53 bits per heavy atom. The predicted molar refractivity (Wildman–Crippen MR) is 61.9 cm³/mol. The molecule has 1 saturated heterocycles. The molecule has 0 amide bonds. The SMILES string of the molecule is CCN1CCCC[Si](OC)(OC)OCC1. The molecule has 90 valence electrons. The average molecular weight is 233 g/mol. The summed E-state index contributed by atoms with van der Waals surface area (Å²) in [4.78, 5) is 2.41. The molecule has 1 fully saturated rings. The van der Waals surface area contributed by atoms with Gasteiger partial charge in [-0.05, 0) is 25.9 Å². The van der Waals surface area contributed by atoms with Crippen LogP contribution in [0.2, 0.25) is 6.04 Å². The Hall–Kier alpha value is 0.0569. The zero-order chi connectivity index (χ0) is 11.1. The topological polar surface area (TPSA) is 30.9 Å². The van der Waals surface area contributed by atoms with Crippen molar-refractivity contribution in [3.63, 3.8) is 0 Å². The van der Waals surface area contributed by atoms with Gasteiger partial charge in [-0.15, -0.1) is 0 Å². The van der Waals surface area contributed by atoms with Gasteiger partial charge in [0.1, 0.15) is 0 Å². The maximum Gasteiger partial charge on any atom is 0.500 e. The number of likely N-dealkylation sites (N-methyl/N-ethyl adjacent to an activating group) is 1. The molecule has 0 saturated carbocycles. The third-order valence-corrected chi connectivity index (χ3v) is 5.86. The molecule has 0 aromatic rings. The highest BCUT2D eigenvalue weighted by Gasteiger charge is 2.38. The van der Waals surface area contributed by atoms with Crippen LogP contribution in [0.4, 0.5) is 0 Å². The molecule has 0 N–H and O–H groups in total. The lowest BCUT2D eigenvalue weighted by molar-refractivity contribution is 0.0903. The van der Waals surface area contributed by atoms with E-state index in [0.29, 0.717) is 0 Å². The predicted octanol–water partition coefficient (Wildman–Crippen LogP) is 1.35. The van der Waals surface area contributed by atoms with Crippen molar-refractivity contribution in [2.45, 2.75) is 25.8 Å². The van der Waals surface area contributed by atoms with Crippen LogP contribution in [0.1, 0.15) is 19.8 Å². The molecule has 0 spiro atoms. The van der Waals surface area contributed by atoms with Crippen LogP contribution >= 0.6 is 0 Å². The van der Waals surface area contributed by atoms with E-state index >= 15 is 0 Å². The van der Waals surface area contributed by atoms with Crippen molar-refractivity contribution in [2.75, 3.05) is 40.5 Å². The fraction of sp³-hybridized carbons (Fsp3) is 1.00. The molecule has 0 aliphatic carbocycles. The van der Waals surface area contributed by atoms with Crippen molar-refractivity contribution < 1.29 is 13.3 Å². The second-order valence-electron chi connectivity index (χ2n) is 3.83. The number of rotatable bonds is 3. The third-order valence-electron chi connectivity index (χ3n) is 3.01. The molecule has 1 aliphatic rings. The molecule has 15 heavy (non-hydrogen) atoms. The monoisotopic (exact) mass is 233 g/mol. The highest BCUT2D eigenvalue weighted by Crippen LogP contribution is 2.19. The molecule has 1 aliphatic heterocycles. The van der Waals surface area contributed by atoms with E-state index in [1.165, 1.54) is 6.42 Å². The van der Waals surface area contributed by atoms with Gasteiger partial charge in [-0.3, -0.25) is 0 Å². The number of hydrogen-bond acceptors (Lipinski definition) is 4.